The van der Waals surface area contributed by atoms with Crippen LogP contribution in [0.5, 0.6) is 11.5 Å². The van der Waals surface area contributed by atoms with E-state index >= 15 is 0 Å². The maximum atomic E-state index is 14.4. The number of benzene rings is 7. The van der Waals surface area contributed by atoms with E-state index in [0.29, 0.717) is 5.75 Å². The molecule has 398 valence electrons. The van der Waals surface area contributed by atoms with Gasteiger partial charge in [-0.2, -0.15) is 0 Å². The van der Waals surface area contributed by atoms with E-state index in [2.05, 4.69) is 0 Å². The third-order valence-corrected chi connectivity index (χ3v) is 12.6. The molecule has 2 aliphatic heterocycles. The van der Waals surface area contributed by atoms with E-state index in [1.807, 2.05) is 0 Å². The summed E-state index contributed by atoms with van der Waals surface area (Å²) in [7, 11) is 1.49. The summed E-state index contributed by atoms with van der Waals surface area (Å²) in [5.74, 6) is -4.62. The average Bonchev–Trinajstić information content (AvgIpc) is 3.50. The third kappa shape index (κ3) is 13.3. The molecule has 7 aromatic carbocycles. The lowest BCUT2D eigenvalue weighted by Gasteiger charge is -2.48. The molecule has 9 rings (SSSR count). The molecule has 0 spiro atoms. The van der Waals surface area contributed by atoms with Crippen molar-refractivity contribution >= 4 is 35.8 Å². The zero-order valence-corrected chi connectivity index (χ0v) is 42.1. The number of methoxy groups -OCH3 is 1. The zero-order valence-electron chi connectivity index (χ0n) is 42.1. The van der Waals surface area contributed by atoms with Crippen molar-refractivity contribution < 1.29 is 80.9 Å². The Bertz CT molecular complexity index is 3110. The van der Waals surface area contributed by atoms with Crippen molar-refractivity contribution in [2.75, 3.05) is 13.7 Å². The monoisotopic (exact) mass is 1060 g/mol. The Labute approximate surface area is 448 Å². The molecule has 2 saturated heterocycles. The van der Waals surface area contributed by atoms with Crippen LogP contribution < -0.4 is 9.47 Å². The number of carbonyl (C=O) groups is 6. The Hall–Kier alpha value is -9.16. The predicted molar refractivity (Wildman–Crippen MR) is 276 cm³/mol. The van der Waals surface area contributed by atoms with E-state index < -0.39 is 104 Å². The molecule has 0 aromatic heterocycles. The molecule has 7 aromatic rings. The molecule has 0 unspecified atom stereocenters. The van der Waals surface area contributed by atoms with Crippen LogP contribution in [0.2, 0.25) is 0 Å². The van der Waals surface area contributed by atoms with E-state index in [1.54, 1.807) is 146 Å². The van der Waals surface area contributed by atoms with Crippen molar-refractivity contribution in [1.29, 1.82) is 0 Å². The van der Waals surface area contributed by atoms with Crippen LogP contribution in [-0.2, 0) is 42.6 Å². The second kappa shape index (κ2) is 25.6. The fraction of sp³-hybridized carbons (Fsp3) is 0.213. The first kappa shape index (κ1) is 53.7. The Kier molecular flexibility index (Phi) is 17.6. The maximum Gasteiger partial charge on any atom is 0.338 e. The van der Waals surface area contributed by atoms with Gasteiger partial charge in [0.1, 0.15) is 30.3 Å². The smallest absolute Gasteiger partial charge is 0.338 e. The van der Waals surface area contributed by atoms with Gasteiger partial charge in [0, 0.05) is 0 Å². The highest BCUT2D eigenvalue weighted by Gasteiger charge is 2.58. The van der Waals surface area contributed by atoms with Gasteiger partial charge >= 0.3 is 35.8 Å². The van der Waals surface area contributed by atoms with Gasteiger partial charge in [0.15, 0.2) is 36.8 Å². The fourth-order valence-electron chi connectivity index (χ4n) is 8.62. The molecule has 0 N–H and O–H groups in total. The molecule has 2 heterocycles. The SMILES string of the molecule is COc1ccc(O[C@H]2O[C@H](COC(=O)c3ccccc3)[C@@H](OC(=O)c3ccccc3)[C@H](O[C@@H]3O[C@@H](C)[C@@H](OC(=O)c4ccccc4)[C@@H](OC(=O)c4ccccc4)[C@H]3OC(=O)c3ccccc3)[C@H]2OC(=O)c2ccccc2)cc1. The summed E-state index contributed by atoms with van der Waals surface area (Å²) in [4.78, 5) is 85.2. The van der Waals surface area contributed by atoms with Gasteiger partial charge in [0.05, 0.1) is 46.6 Å². The average molecular weight is 1060 g/mol. The summed E-state index contributed by atoms with van der Waals surface area (Å²) in [5.41, 5.74) is 0.648. The van der Waals surface area contributed by atoms with E-state index in [0.717, 1.165) is 0 Å². The van der Waals surface area contributed by atoms with Crippen LogP contribution in [0.4, 0.5) is 0 Å². The number of esters is 6. The van der Waals surface area contributed by atoms with Gasteiger partial charge in [0.25, 0.3) is 0 Å². The molecule has 0 aliphatic carbocycles. The quantitative estimate of drug-likeness (QED) is 0.0581. The van der Waals surface area contributed by atoms with Crippen molar-refractivity contribution in [2.45, 2.75) is 68.3 Å². The normalized spacial score (nSPS) is 22.5. The largest absolute Gasteiger partial charge is 0.497 e. The van der Waals surface area contributed by atoms with Crippen LogP contribution in [-0.4, -0.2) is 111 Å². The van der Waals surface area contributed by atoms with Crippen LogP contribution in [0.15, 0.2) is 206 Å². The van der Waals surface area contributed by atoms with Crippen molar-refractivity contribution in [3.63, 3.8) is 0 Å². The number of carbonyl (C=O) groups excluding carboxylic acids is 6. The Morgan fingerprint density at radius 1 is 0.359 bits per heavy atom. The van der Waals surface area contributed by atoms with E-state index in [4.69, 9.17) is 52.1 Å². The standard InChI is InChI=1S/C61H52O17/c1-38-48(73-55(63)40-23-11-4-12-24-40)50(75-57(65)42-27-15-6-16-28-42)52(76-58(66)43-29-17-7-18-30-43)60(70-38)78-51-49(74-56(64)41-25-13-5-14-26-41)47(37-69-54(62)39-21-9-3-10-22-39)72-61(71-46-35-33-45(68-2)34-36-46)53(51)77-59(67)44-31-19-8-20-32-44/h3-36,38,47-53,60-61H,37H2,1-2H3/t38-,47+,48+,49+,50+,51-,52+,53+,60-,61-/m0/s1. The number of hydrogen-bond donors (Lipinski definition) is 0. The van der Waals surface area contributed by atoms with Crippen molar-refractivity contribution in [1.82, 2.24) is 0 Å². The van der Waals surface area contributed by atoms with Crippen LogP contribution in [0.1, 0.15) is 69.1 Å². The van der Waals surface area contributed by atoms with Gasteiger partial charge in [-0.25, -0.2) is 28.8 Å². The van der Waals surface area contributed by atoms with Crippen LogP contribution in [0, 0.1) is 0 Å². The van der Waals surface area contributed by atoms with Gasteiger partial charge in [-0.15, -0.1) is 0 Å². The first-order chi connectivity index (χ1) is 38.0. The molecule has 17 nitrogen and oxygen atoms in total. The summed E-state index contributed by atoms with van der Waals surface area (Å²) < 4.78 is 69.4. The number of ether oxygens (including phenoxy) is 11. The zero-order chi connectivity index (χ0) is 54.4. The minimum absolute atomic E-state index is 0.0597. The first-order valence-corrected chi connectivity index (χ1v) is 24.8. The van der Waals surface area contributed by atoms with Gasteiger partial charge < -0.3 is 52.1 Å². The lowest BCUT2D eigenvalue weighted by molar-refractivity contribution is -0.346. The first-order valence-electron chi connectivity index (χ1n) is 24.8. The summed E-state index contributed by atoms with van der Waals surface area (Å²) in [6.07, 6.45) is -16.6. The second-order valence-corrected chi connectivity index (χ2v) is 17.8. The summed E-state index contributed by atoms with van der Waals surface area (Å²) >= 11 is 0. The Balaban J connectivity index is 1.19. The molecule has 2 aliphatic rings. The van der Waals surface area contributed by atoms with Crippen LogP contribution in [0.25, 0.3) is 0 Å². The van der Waals surface area contributed by atoms with E-state index in [9.17, 15) is 28.8 Å². The molecular formula is C61H52O17. The molecule has 17 heteroatoms. The summed E-state index contributed by atoms with van der Waals surface area (Å²) in [5, 5.41) is 0. The second-order valence-electron chi connectivity index (χ2n) is 17.8. The van der Waals surface area contributed by atoms with Gasteiger partial charge in [-0.05, 0) is 104 Å². The summed E-state index contributed by atoms with van der Waals surface area (Å²) in [6, 6.07) is 54.2. The lowest BCUT2D eigenvalue weighted by atomic mass is 9.95. The van der Waals surface area contributed by atoms with Crippen LogP contribution >= 0.6 is 0 Å². The van der Waals surface area contributed by atoms with E-state index in [1.165, 1.54) is 74.7 Å². The lowest BCUT2D eigenvalue weighted by Crippen LogP contribution is -2.67. The van der Waals surface area contributed by atoms with E-state index in [-0.39, 0.29) is 39.1 Å². The Morgan fingerprint density at radius 2 is 0.692 bits per heavy atom. The fourth-order valence-corrected chi connectivity index (χ4v) is 8.62. The van der Waals surface area contributed by atoms with Crippen molar-refractivity contribution in [3.8, 4) is 11.5 Å². The highest BCUT2D eigenvalue weighted by Crippen LogP contribution is 2.37. The van der Waals surface area contributed by atoms with Crippen LogP contribution in [0.3, 0.4) is 0 Å². The minimum atomic E-state index is -1.87. The molecule has 0 radical (unpaired) electrons. The Morgan fingerprint density at radius 3 is 1.09 bits per heavy atom. The minimum Gasteiger partial charge on any atom is -0.497 e. The number of hydrogen-bond acceptors (Lipinski definition) is 17. The van der Waals surface area contributed by atoms with Gasteiger partial charge in [-0.3, -0.25) is 0 Å². The maximum absolute atomic E-state index is 14.4. The van der Waals surface area contributed by atoms with Gasteiger partial charge in [-0.1, -0.05) is 109 Å². The molecule has 2 fully saturated rings. The van der Waals surface area contributed by atoms with Crippen molar-refractivity contribution in [2.24, 2.45) is 0 Å². The van der Waals surface area contributed by atoms with Gasteiger partial charge in [0.2, 0.25) is 6.29 Å². The number of rotatable bonds is 18. The predicted octanol–water partition coefficient (Wildman–Crippen LogP) is 8.91. The summed E-state index contributed by atoms with van der Waals surface area (Å²) in [6.45, 7) is 0.897. The molecule has 0 amide bonds. The highest BCUT2D eigenvalue weighted by atomic mass is 16.8. The molecule has 0 bridgehead atoms. The molecule has 78 heavy (non-hydrogen) atoms. The molecule has 10 atom stereocenters. The molecular weight excluding hydrogens is 1000 g/mol. The van der Waals surface area contributed by atoms with Crippen molar-refractivity contribution in [3.05, 3.63) is 240 Å². The molecule has 0 saturated carbocycles. The topological polar surface area (TPSA) is 204 Å². The third-order valence-electron chi connectivity index (χ3n) is 12.6. The highest BCUT2D eigenvalue weighted by molar-refractivity contribution is 5.92.